The quantitative estimate of drug-likeness (QED) is 0.801. The topological polar surface area (TPSA) is 76.6 Å². The molecular formula is C26H29N5O. The van der Waals surface area contributed by atoms with E-state index in [-0.39, 0.29) is 11.7 Å². The minimum absolute atomic E-state index is 0.0777. The predicted octanol–water partition coefficient (Wildman–Crippen LogP) is 3.72. The van der Waals surface area contributed by atoms with Gasteiger partial charge in [-0.3, -0.25) is 9.80 Å². The van der Waals surface area contributed by atoms with Crippen molar-refractivity contribution in [3.63, 3.8) is 0 Å². The zero-order chi connectivity index (χ0) is 23.0. The van der Waals surface area contributed by atoms with Crippen LogP contribution in [0.1, 0.15) is 35.8 Å². The normalized spacial score (nSPS) is 21.0. The molecule has 1 heterocycles. The van der Waals surface area contributed by atoms with Gasteiger partial charge in [0.2, 0.25) is 0 Å². The predicted molar refractivity (Wildman–Crippen MR) is 126 cm³/mol. The second kappa shape index (κ2) is 8.52. The smallest absolute Gasteiger partial charge is 0.162 e. The van der Waals surface area contributed by atoms with Crippen LogP contribution in [0, 0.1) is 11.3 Å². The molecule has 1 aliphatic carbocycles. The first-order valence-electron chi connectivity index (χ1n) is 10.8. The fraction of sp³-hybridized carbons (Fsp3) is 0.308. The fourth-order valence-corrected chi connectivity index (χ4v) is 4.83. The second-order valence-electron chi connectivity index (χ2n) is 8.79. The summed E-state index contributed by atoms with van der Waals surface area (Å²) in [5.74, 6) is 0.0954. The summed E-state index contributed by atoms with van der Waals surface area (Å²) in [6.45, 7) is 0. The lowest BCUT2D eigenvalue weighted by Gasteiger charge is -2.43. The number of carbonyl (C=O) groups is 1. The molecule has 2 atom stereocenters. The summed E-state index contributed by atoms with van der Waals surface area (Å²) in [5, 5.41) is 13.8. The Hall–Kier alpha value is -3.56. The molecule has 0 unspecified atom stereocenters. The van der Waals surface area contributed by atoms with Gasteiger partial charge in [0.1, 0.15) is 5.82 Å². The molecule has 0 fully saturated rings. The molecule has 0 saturated carbocycles. The van der Waals surface area contributed by atoms with Crippen molar-refractivity contribution in [1.29, 1.82) is 5.26 Å². The molecule has 0 bridgehead atoms. The summed E-state index contributed by atoms with van der Waals surface area (Å²) in [4.78, 5) is 15.6. The molecule has 0 aromatic heterocycles. The number of carbonyl (C=O) groups excluding carboxylic acids is 1. The van der Waals surface area contributed by atoms with E-state index in [0.717, 1.165) is 22.5 Å². The van der Waals surface area contributed by atoms with Gasteiger partial charge < -0.3 is 10.6 Å². The summed E-state index contributed by atoms with van der Waals surface area (Å²) in [6, 6.07) is 20.5. The molecule has 2 aromatic carbocycles. The number of hydrazine groups is 1. The van der Waals surface area contributed by atoms with E-state index >= 15 is 0 Å². The van der Waals surface area contributed by atoms with E-state index < -0.39 is 5.92 Å². The Morgan fingerprint density at radius 2 is 1.62 bits per heavy atom. The number of nitriles is 1. The monoisotopic (exact) mass is 427 g/mol. The van der Waals surface area contributed by atoms with Gasteiger partial charge in [-0.05, 0) is 35.6 Å². The minimum Gasteiger partial charge on any atom is -0.383 e. The van der Waals surface area contributed by atoms with Crippen molar-refractivity contribution in [2.45, 2.75) is 24.7 Å². The number of nitrogens with two attached hydrogens (primary N) is 1. The Morgan fingerprint density at radius 1 is 0.969 bits per heavy atom. The van der Waals surface area contributed by atoms with Crippen molar-refractivity contribution in [3.05, 3.63) is 88.4 Å². The second-order valence-corrected chi connectivity index (χ2v) is 8.79. The third-order valence-electron chi connectivity index (χ3n) is 6.35. The molecule has 164 valence electrons. The maximum Gasteiger partial charge on any atom is 0.162 e. The van der Waals surface area contributed by atoms with Crippen molar-refractivity contribution >= 4 is 11.5 Å². The van der Waals surface area contributed by atoms with Gasteiger partial charge in [0.15, 0.2) is 5.78 Å². The molecule has 0 saturated heterocycles. The molecule has 2 aliphatic rings. The first-order valence-corrected chi connectivity index (χ1v) is 10.8. The summed E-state index contributed by atoms with van der Waals surface area (Å²) in [7, 11) is 7.74. The van der Waals surface area contributed by atoms with E-state index in [1.54, 1.807) is 0 Å². The standard InChI is InChI=1S/C26H29N5O/c1-29(2)20-12-10-18(11-13-20)24-21(16-27)26(28)31(30(3)4)22-14-19(15-23(32)25(22)24)17-8-6-5-7-9-17/h5-13,19,24H,14-15,28H2,1-4H3/t19-,24-/m1/s1. The summed E-state index contributed by atoms with van der Waals surface area (Å²) < 4.78 is 0. The lowest BCUT2D eigenvalue weighted by molar-refractivity contribution is -0.117. The molecule has 2 N–H and O–H groups in total. The van der Waals surface area contributed by atoms with E-state index in [9.17, 15) is 10.1 Å². The highest BCUT2D eigenvalue weighted by Crippen LogP contribution is 2.48. The summed E-state index contributed by atoms with van der Waals surface area (Å²) in [6.07, 6.45) is 1.12. The van der Waals surface area contributed by atoms with Crippen LogP contribution in [0.25, 0.3) is 0 Å². The lowest BCUT2D eigenvalue weighted by Crippen LogP contribution is -2.46. The third kappa shape index (κ3) is 3.65. The van der Waals surface area contributed by atoms with E-state index in [0.29, 0.717) is 29.8 Å². The SMILES string of the molecule is CN(C)c1ccc([C@@H]2C(C#N)=C(N)N(N(C)C)C3=C2C(=O)C[C@H](c2ccccc2)C3)cc1. The van der Waals surface area contributed by atoms with Crippen LogP contribution in [-0.4, -0.2) is 44.0 Å². The van der Waals surface area contributed by atoms with Gasteiger partial charge >= 0.3 is 0 Å². The summed E-state index contributed by atoms with van der Waals surface area (Å²) >= 11 is 0. The Kier molecular flexibility index (Phi) is 5.77. The average Bonchev–Trinajstić information content (AvgIpc) is 2.78. The molecule has 2 aromatic rings. The number of nitrogens with zero attached hydrogens (tertiary/aromatic N) is 4. The number of benzene rings is 2. The summed E-state index contributed by atoms with van der Waals surface area (Å²) in [5.41, 5.74) is 11.7. The van der Waals surface area contributed by atoms with Crippen molar-refractivity contribution in [2.24, 2.45) is 5.73 Å². The van der Waals surface area contributed by atoms with Gasteiger partial charge in [0, 0.05) is 51.6 Å². The van der Waals surface area contributed by atoms with Crippen LogP contribution < -0.4 is 10.6 Å². The van der Waals surface area contributed by atoms with Gasteiger partial charge in [0.25, 0.3) is 0 Å². The highest BCUT2D eigenvalue weighted by molar-refractivity contribution is 6.00. The van der Waals surface area contributed by atoms with Gasteiger partial charge in [-0.15, -0.1) is 0 Å². The van der Waals surface area contributed by atoms with Crippen LogP contribution in [0.2, 0.25) is 0 Å². The minimum atomic E-state index is -0.452. The third-order valence-corrected chi connectivity index (χ3v) is 6.35. The van der Waals surface area contributed by atoms with Crippen LogP contribution in [0.5, 0.6) is 0 Å². The Balaban J connectivity index is 1.86. The van der Waals surface area contributed by atoms with Gasteiger partial charge in [0.05, 0.1) is 17.6 Å². The zero-order valence-electron chi connectivity index (χ0n) is 19.0. The number of Topliss-reactive ketones (excluding diaryl/α,β-unsaturated/α-hetero) is 1. The molecule has 0 spiro atoms. The van der Waals surface area contributed by atoms with Gasteiger partial charge in [-0.1, -0.05) is 42.5 Å². The Labute approximate surface area is 189 Å². The molecule has 6 nitrogen and oxygen atoms in total. The van der Waals surface area contributed by atoms with E-state index in [1.165, 1.54) is 0 Å². The van der Waals surface area contributed by atoms with Crippen LogP contribution in [-0.2, 0) is 4.79 Å². The number of allylic oxidation sites excluding steroid dienone is 3. The number of rotatable bonds is 4. The zero-order valence-corrected chi connectivity index (χ0v) is 19.0. The van der Waals surface area contributed by atoms with Crippen LogP contribution >= 0.6 is 0 Å². The lowest BCUT2D eigenvalue weighted by atomic mass is 9.72. The maximum absolute atomic E-state index is 13.6. The van der Waals surface area contributed by atoms with E-state index in [4.69, 9.17) is 5.73 Å². The largest absolute Gasteiger partial charge is 0.383 e. The van der Waals surface area contributed by atoms with Crippen LogP contribution in [0.15, 0.2) is 77.3 Å². The first-order chi connectivity index (χ1) is 15.3. The van der Waals surface area contributed by atoms with E-state index in [1.807, 2.05) is 85.6 Å². The Morgan fingerprint density at radius 3 is 2.19 bits per heavy atom. The molecule has 1 aliphatic heterocycles. The van der Waals surface area contributed by atoms with Gasteiger partial charge in [-0.2, -0.15) is 5.26 Å². The molecule has 4 rings (SSSR count). The van der Waals surface area contributed by atoms with E-state index in [2.05, 4.69) is 18.2 Å². The van der Waals surface area contributed by atoms with Crippen molar-refractivity contribution in [3.8, 4) is 6.07 Å². The number of hydrogen-bond donors (Lipinski definition) is 1. The average molecular weight is 428 g/mol. The highest BCUT2D eigenvalue weighted by Gasteiger charge is 2.43. The number of ketones is 1. The molecular weight excluding hydrogens is 398 g/mol. The van der Waals surface area contributed by atoms with Crippen molar-refractivity contribution < 1.29 is 4.79 Å². The van der Waals surface area contributed by atoms with Crippen LogP contribution in [0.4, 0.5) is 5.69 Å². The first kappa shape index (κ1) is 21.7. The number of anilines is 1. The van der Waals surface area contributed by atoms with Crippen molar-refractivity contribution in [1.82, 2.24) is 10.0 Å². The van der Waals surface area contributed by atoms with Crippen molar-refractivity contribution in [2.75, 3.05) is 33.1 Å². The number of hydrogen-bond acceptors (Lipinski definition) is 6. The fourth-order valence-electron chi connectivity index (χ4n) is 4.83. The molecule has 6 heteroatoms. The molecule has 0 amide bonds. The maximum atomic E-state index is 13.6. The molecule has 0 radical (unpaired) electrons. The van der Waals surface area contributed by atoms with Gasteiger partial charge in [-0.25, -0.2) is 5.01 Å². The highest BCUT2D eigenvalue weighted by atomic mass is 16.1. The van der Waals surface area contributed by atoms with Crippen LogP contribution in [0.3, 0.4) is 0 Å². The Bertz CT molecular complexity index is 1120. The molecule has 32 heavy (non-hydrogen) atoms.